The van der Waals surface area contributed by atoms with Gasteiger partial charge in [0.1, 0.15) is 43.2 Å². The first kappa shape index (κ1) is 38.8. The van der Waals surface area contributed by atoms with Gasteiger partial charge in [0.15, 0.2) is 0 Å². The van der Waals surface area contributed by atoms with Gasteiger partial charge in [-0.2, -0.15) is 0 Å². The number of carbonyl (C=O) groups is 1. The summed E-state index contributed by atoms with van der Waals surface area (Å²) in [5.74, 6) is 0. The molecule has 4 heterocycles. The number of H-pyrrole nitrogens is 2. The zero-order chi connectivity index (χ0) is 36.3. The van der Waals surface area contributed by atoms with Gasteiger partial charge in [-0.1, -0.05) is 0 Å². The fourth-order valence-corrected chi connectivity index (χ4v) is 6.88. The summed E-state index contributed by atoms with van der Waals surface area (Å²) in [5.41, 5.74) is -2.65. The summed E-state index contributed by atoms with van der Waals surface area (Å²) < 4.78 is 57.3. The average molecular weight is 741 g/mol. The third-order valence-electron chi connectivity index (χ3n) is 7.56. The van der Waals surface area contributed by atoms with Crippen LogP contribution in [0.15, 0.2) is 31.6 Å². The Morgan fingerprint density at radius 3 is 2.06 bits per heavy atom. The van der Waals surface area contributed by atoms with E-state index < -0.39 is 113 Å². The van der Waals surface area contributed by atoms with Crippen LogP contribution in [0.4, 0.5) is 0 Å². The molecule has 2 aliphatic rings. The average Bonchev–Trinajstić information content (AvgIpc) is 3.60. The molecule has 2 aromatic heterocycles. The third-order valence-corrected chi connectivity index (χ3v) is 9.55. The van der Waals surface area contributed by atoms with Crippen LogP contribution in [-0.2, 0) is 41.5 Å². The van der Waals surface area contributed by atoms with Crippen molar-refractivity contribution in [3.63, 3.8) is 0 Å². The van der Waals surface area contributed by atoms with Crippen LogP contribution in [0.25, 0.3) is 0 Å². The molecule has 0 amide bonds. The molecule has 10 atom stereocenters. The number of nitrogens with one attached hydrogen (secondary N) is 2. The van der Waals surface area contributed by atoms with Crippen molar-refractivity contribution in [2.45, 2.75) is 82.2 Å². The standard InChI is InChI=1S/C25H36N4O18P2/c1-12-7-28(24(36)26-22(12)34)20-5-14(32)19(45-20)11-43-49(40,41)46-16(3-4-30)15(33)10-42-48(38,39)47-17-6-21(44-18(17)9-31)29-8-13(2)23(35)27-25(29)37/h4,7-8,14-21,31-33H,3,5-6,9-11H2,1-2H3,(H,38,39)(H,40,41)(H,26,34,36)(H,27,35,37)/p-2/t14-,15?,16?,17-,18+,19+,20+,21+/m0/s1. The second kappa shape index (κ2) is 15.9. The fourth-order valence-electron chi connectivity index (χ4n) is 4.98. The van der Waals surface area contributed by atoms with Crippen molar-refractivity contribution in [2.24, 2.45) is 0 Å². The van der Waals surface area contributed by atoms with E-state index in [1.54, 1.807) is 0 Å². The van der Waals surface area contributed by atoms with Crippen LogP contribution >= 0.6 is 15.6 Å². The molecule has 22 nitrogen and oxygen atoms in total. The highest BCUT2D eigenvalue weighted by Gasteiger charge is 2.40. The topological polar surface area (TPSA) is 323 Å². The van der Waals surface area contributed by atoms with Crippen LogP contribution in [0, 0.1) is 13.8 Å². The Morgan fingerprint density at radius 1 is 0.959 bits per heavy atom. The van der Waals surface area contributed by atoms with E-state index in [1.165, 1.54) is 26.2 Å². The Morgan fingerprint density at radius 2 is 1.51 bits per heavy atom. The molecule has 4 unspecified atom stereocenters. The van der Waals surface area contributed by atoms with Crippen molar-refractivity contribution in [3.05, 3.63) is 65.2 Å². The van der Waals surface area contributed by atoms with Crippen molar-refractivity contribution in [1.29, 1.82) is 0 Å². The molecule has 0 radical (unpaired) electrons. The van der Waals surface area contributed by atoms with Gasteiger partial charge in [-0.05, 0) is 13.8 Å². The number of aromatic nitrogens is 4. The lowest BCUT2D eigenvalue weighted by Gasteiger charge is -2.32. The number of rotatable bonds is 16. The number of aliphatic hydroxyl groups excluding tert-OH is 3. The van der Waals surface area contributed by atoms with Gasteiger partial charge < -0.3 is 57.5 Å². The van der Waals surface area contributed by atoms with Gasteiger partial charge in [0.25, 0.3) is 26.8 Å². The number of ether oxygens (including phenoxy) is 2. The maximum Gasteiger partial charge on any atom is 0.330 e. The maximum atomic E-state index is 12.6. The number of aliphatic hydroxyl groups is 3. The largest absolute Gasteiger partial charge is 0.756 e. The molecule has 2 fully saturated rings. The summed E-state index contributed by atoms with van der Waals surface area (Å²) in [7, 11) is -10.7. The second-order valence-corrected chi connectivity index (χ2v) is 13.9. The molecule has 2 aromatic rings. The Kier molecular flexibility index (Phi) is 12.6. The van der Waals surface area contributed by atoms with E-state index in [0.29, 0.717) is 0 Å². The molecule has 49 heavy (non-hydrogen) atoms. The number of phosphoric ester groups is 2. The van der Waals surface area contributed by atoms with Crippen molar-refractivity contribution < 1.29 is 66.6 Å². The van der Waals surface area contributed by atoms with Gasteiger partial charge in [-0.25, -0.2) is 9.59 Å². The minimum atomic E-state index is -5.38. The van der Waals surface area contributed by atoms with E-state index >= 15 is 0 Å². The lowest BCUT2D eigenvalue weighted by atomic mass is 10.2. The molecule has 274 valence electrons. The number of phosphoric acid groups is 2. The molecule has 0 spiro atoms. The monoisotopic (exact) mass is 740 g/mol. The zero-order valence-corrected chi connectivity index (χ0v) is 27.6. The molecule has 24 heteroatoms. The first-order valence-corrected chi connectivity index (χ1v) is 17.5. The highest BCUT2D eigenvalue weighted by atomic mass is 31.2. The summed E-state index contributed by atoms with van der Waals surface area (Å²) in [6.45, 7) is 0.0967. The molecule has 0 aromatic carbocycles. The van der Waals surface area contributed by atoms with Crippen LogP contribution in [0.2, 0.25) is 0 Å². The molecule has 0 bridgehead atoms. The number of hydrogen-bond acceptors (Lipinski definition) is 18. The maximum absolute atomic E-state index is 12.6. The smallest absolute Gasteiger partial charge is 0.330 e. The Labute approximate surface area is 275 Å². The quantitative estimate of drug-likeness (QED) is 0.0817. The zero-order valence-electron chi connectivity index (χ0n) is 25.8. The molecule has 5 N–H and O–H groups in total. The second-order valence-electron chi connectivity index (χ2n) is 11.2. The number of carbonyl (C=O) groups excluding carboxylic acids is 1. The van der Waals surface area contributed by atoms with E-state index in [4.69, 9.17) is 23.0 Å². The van der Waals surface area contributed by atoms with Gasteiger partial charge >= 0.3 is 11.4 Å². The SMILES string of the molecule is Cc1cn([C@H]2C[C@H](OP(=O)([O-])OCC(O)C(CC=O)OP(=O)([O-])OC[C@H]3O[C@@H](n4cc(C)c(=O)[nH]c4=O)C[C@@H]3O)[C@@H](CO)O2)c(=O)[nH]c1=O. The van der Waals surface area contributed by atoms with Gasteiger partial charge in [-0.15, -0.1) is 0 Å². The van der Waals surface area contributed by atoms with E-state index in [0.717, 1.165) is 9.13 Å². The van der Waals surface area contributed by atoms with E-state index in [2.05, 4.69) is 14.5 Å². The molecule has 2 aliphatic heterocycles. The third kappa shape index (κ3) is 9.85. The Bertz CT molecular complexity index is 1820. The summed E-state index contributed by atoms with van der Waals surface area (Å²) in [6.07, 6.45) is -10.2. The molecular formula is C25H34N4O18P2-2. The lowest BCUT2D eigenvalue weighted by molar-refractivity contribution is -0.239. The molecule has 0 saturated carbocycles. The Hall–Kier alpha value is -2.95. The van der Waals surface area contributed by atoms with Crippen molar-refractivity contribution in [2.75, 3.05) is 19.8 Å². The summed E-state index contributed by atoms with van der Waals surface area (Å²) in [4.78, 5) is 88.1. The van der Waals surface area contributed by atoms with Gasteiger partial charge in [-0.3, -0.25) is 37.8 Å². The molecular weight excluding hydrogens is 706 g/mol. The van der Waals surface area contributed by atoms with Crippen molar-refractivity contribution >= 4 is 21.9 Å². The number of hydrogen-bond donors (Lipinski definition) is 5. The molecule has 4 rings (SSSR count). The summed E-state index contributed by atoms with van der Waals surface area (Å²) >= 11 is 0. The Balaban J connectivity index is 1.32. The van der Waals surface area contributed by atoms with Crippen LogP contribution in [0.1, 0.15) is 42.8 Å². The number of aldehydes is 1. The summed E-state index contributed by atoms with van der Waals surface area (Å²) in [6, 6.07) is 0. The highest BCUT2D eigenvalue weighted by molar-refractivity contribution is 7.46. The van der Waals surface area contributed by atoms with E-state index in [-0.39, 0.29) is 30.3 Å². The van der Waals surface area contributed by atoms with Gasteiger partial charge in [0.05, 0.1) is 32.0 Å². The number of aryl methyl sites for hydroxylation is 2. The normalized spacial score (nSPS) is 27.7. The fraction of sp³-hybridized carbons (Fsp3) is 0.640. The van der Waals surface area contributed by atoms with Crippen LogP contribution in [-0.4, -0.2) is 97.2 Å². The minimum absolute atomic E-state index is 0.147. The molecule has 0 aliphatic carbocycles. The van der Waals surface area contributed by atoms with Crippen LogP contribution < -0.4 is 32.3 Å². The first-order valence-electron chi connectivity index (χ1n) is 14.6. The van der Waals surface area contributed by atoms with Crippen molar-refractivity contribution in [1.82, 2.24) is 19.1 Å². The van der Waals surface area contributed by atoms with E-state index in [9.17, 15) is 58.2 Å². The van der Waals surface area contributed by atoms with Crippen LogP contribution in [0.5, 0.6) is 0 Å². The first-order chi connectivity index (χ1) is 22.9. The predicted octanol–water partition coefficient (Wildman–Crippen LogP) is -3.68. The number of aromatic amines is 2. The van der Waals surface area contributed by atoms with Gasteiger partial charge in [0, 0.05) is 42.8 Å². The molecule has 2 saturated heterocycles. The van der Waals surface area contributed by atoms with E-state index in [1.807, 2.05) is 0 Å². The van der Waals surface area contributed by atoms with Crippen LogP contribution in [0.3, 0.4) is 0 Å². The lowest BCUT2D eigenvalue weighted by Crippen LogP contribution is -2.36. The predicted molar refractivity (Wildman–Crippen MR) is 156 cm³/mol. The highest BCUT2D eigenvalue weighted by Crippen LogP contribution is 2.46. The minimum Gasteiger partial charge on any atom is -0.756 e. The van der Waals surface area contributed by atoms with Gasteiger partial charge in [0.2, 0.25) is 0 Å². The summed E-state index contributed by atoms with van der Waals surface area (Å²) in [5, 5.41) is 30.4. The number of nitrogens with zero attached hydrogens (tertiary/aromatic N) is 2. The van der Waals surface area contributed by atoms with Crippen molar-refractivity contribution in [3.8, 4) is 0 Å².